The molecule has 0 aliphatic rings. The number of aromatic nitrogens is 1. The summed E-state index contributed by atoms with van der Waals surface area (Å²) in [4.78, 5) is 17.6. The van der Waals surface area contributed by atoms with Crippen LogP contribution in [0.2, 0.25) is 5.02 Å². The minimum atomic E-state index is -0.164. The van der Waals surface area contributed by atoms with Gasteiger partial charge in [0.15, 0.2) is 23.0 Å². The maximum atomic E-state index is 12.9. The normalized spacial score (nSPS) is 10.7. The number of ether oxygens (including phenoxy) is 4. The van der Waals surface area contributed by atoms with Crippen molar-refractivity contribution in [1.82, 2.24) is 4.98 Å². The van der Waals surface area contributed by atoms with E-state index in [4.69, 9.17) is 30.5 Å². The van der Waals surface area contributed by atoms with E-state index in [1.165, 1.54) is 0 Å². The number of fused-ring (bicyclic) bond motifs is 1. The molecule has 0 unspecified atom stereocenters. The third kappa shape index (κ3) is 5.47. The third-order valence-corrected chi connectivity index (χ3v) is 6.12. The van der Waals surface area contributed by atoms with Gasteiger partial charge in [-0.05, 0) is 52.9 Å². The number of rotatable bonds is 9. The summed E-state index contributed by atoms with van der Waals surface area (Å²) in [7, 11) is 6.34. The van der Waals surface area contributed by atoms with Gasteiger partial charge < -0.3 is 24.3 Å². The molecule has 1 aromatic heterocycles. The second kappa shape index (κ2) is 11.2. The van der Waals surface area contributed by atoms with Gasteiger partial charge in [-0.15, -0.1) is 0 Å². The molecule has 0 saturated heterocycles. The van der Waals surface area contributed by atoms with E-state index in [9.17, 15) is 4.79 Å². The van der Waals surface area contributed by atoms with Crippen molar-refractivity contribution >= 4 is 34.0 Å². The summed E-state index contributed by atoms with van der Waals surface area (Å²) < 4.78 is 22.0. The van der Waals surface area contributed by atoms with Crippen molar-refractivity contribution in [2.24, 2.45) is 0 Å². The van der Waals surface area contributed by atoms with Crippen molar-refractivity contribution in [3.63, 3.8) is 0 Å². The third-order valence-electron chi connectivity index (χ3n) is 5.87. The fourth-order valence-corrected chi connectivity index (χ4v) is 4.17. The largest absolute Gasteiger partial charge is 0.493 e. The number of hydrogen-bond acceptors (Lipinski definition) is 6. The summed E-state index contributed by atoms with van der Waals surface area (Å²) >= 11 is 5.97. The van der Waals surface area contributed by atoms with Crippen LogP contribution in [0.15, 0.2) is 60.8 Å². The molecule has 0 aliphatic heterocycles. The van der Waals surface area contributed by atoms with Crippen LogP contribution in [0.4, 0.5) is 5.69 Å². The zero-order valence-corrected chi connectivity index (χ0v) is 21.3. The molecule has 1 amide bonds. The average molecular weight is 507 g/mol. The molecule has 8 heteroatoms. The number of carbonyl (C=O) groups is 1. The van der Waals surface area contributed by atoms with E-state index in [1.807, 2.05) is 36.4 Å². The van der Waals surface area contributed by atoms with Crippen molar-refractivity contribution in [3.05, 3.63) is 82.6 Å². The Labute approximate surface area is 214 Å². The van der Waals surface area contributed by atoms with Crippen molar-refractivity contribution in [2.45, 2.75) is 12.8 Å². The molecule has 0 aliphatic carbocycles. The molecule has 0 spiro atoms. The zero-order valence-electron chi connectivity index (χ0n) is 20.6. The molecule has 36 heavy (non-hydrogen) atoms. The minimum Gasteiger partial charge on any atom is -0.493 e. The number of amides is 1. The van der Waals surface area contributed by atoms with E-state index in [2.05, 4.69) is 10.3 Å². The lowest BCUT2D eigenvalue weighted by molar-refractivity contribution is -0.115. The second-order valence-electron chi connectivity index (χ2n) is 8.08. The van der Waals surface area contributed by atoms with Crippen molar-refractivity contribution in [1.29, 1.82) is 0 Å². The van der Waals surface area contributed by atoms with E-state index in [-0.39, 0.29) is 12.3 Å². The Kier molecular flexibility index (Phi) is 7.80. The maximum absolute atomic E-state index is 12.9. The summed E-state index contributed by atoms with van der Waals surface area (Å²) in [6, 6.07) is 16.6. The molecule has 186 valence electrons. The van der Waals surface area contributed by atoms with Crippen LogP contribution in [0.3, 0.4) is 0 Å². The molecule has 1 heterocycles. The highest BCUT2D eigenvalue weighted by Gasteiger charge is 2.17. The first-order valence-electron chi connectivity index (χ1n) is 11.2. The molecule has 0 bridgehead atoms. The SMILES string of the molecule is COc1cc(Cc2nccc3cc(OC)c(OC)cc23)c(NC(=O)Cc2ccc(Cl)cc2)cc1OC. The average Bonchev–Trinajstić information content (AvgIpc) is 2.89. The van der Waals surface area contributed by atoms with Gasteiger partial charge in [0.2, 0.25) is 5.91 Å². The van der Waals surface area contributed by atoms with Gasteiger partial charge in [-0.2, -0.15) is 0 Å². The van der Waals surface area contributed by atoms with Gasteiger partial charge >= 0.3 is 0 Å². The summed E-state index contributed by atoms with van der Waals surface area (Å²) in [5, 5.41) is 5.54. The molecule has 0 radical (unpaired) electrons. The predicted octanol–water partition coefficient (Wildman–Crippen LogP) is 5.69. The lowest BCUT2D eigenvalue weighted by atomic mass is 10.0. The number of nitrogens with one attached hydrogen (secondary N) is 1. The monoisotopic (exact) mass is 506 g/mol. The number of halogens is 1. The minimum absolute atomic E-state index is 0.164. The van der Waals surface area contributed by atoms with E-state index in [0.29, 0.717) is 40.1 Å². The molecule has 0 saturated carbocycles. The lowest BCUT2D eigenvalue weighted by Gasteiger charge is -2.17. The summed E-state index contributed by atoms with van der Waals surface area (Å²) in [6.45, 7) is 0. The van der Waals surface area contributed by atoms with Gasteiger partial charge in [0, 0.05) is 34.8 Å². The van der Waals surface area contributed by atoms with Gasteiger partial charge in [0.1, 0.15) is 0 Å². The Bertz CT molecular complexity index is 1390. The van der Waals surface area contributed by atoms with Crippen LogP contribution >= 0.6 is 11.6 Å². The Balaban J connectivity index is 1.72. The first kappa shape index (κ1) is 25.1. The van der Waals surface area contributed by atoms with Crippen LogP contribution in [0.1, 0.15) is 16.8 Å². The number of carbonyl (C=O) groups excluding carboxylic acids is 1. The van der Waals surface area contributed by atoms with Crippen molar-refractivity contribution in [3.8, 4) is 23.0 Å². The van der Waals surface area contributed by atoms with Gasteiger partial charge in [-0.25, -0.2) is 0 Å². The highest BCUT2D eigenvalue weighted by atomic mass is 35.5. The Morgan fingerprint density at radius 1 is 0.833 bits per heavy atom. The molecule has 1 N–H and O–H groups in total. The van der Waals surface area contributed by atoms with E-state index in [0.717, 1.165) is 27.6 Å². The fourth-order valence-electron chi connectivity index (χ4n) is 4.05. The molecule has 0 fully saturated rings. The molecule has 4 rings (SSSR count). The first-order valence-corrected chi connectivity index (χ1v) is 11.6. The highest BCUT2D eigenvalue weighted by Crippen LogP contribution is 2.37. The van der Waals surface area contributed by atoms with Gasteiger partial charge in [-0.1, -0.05) is 23.7 Å². The van der Waals surface area contributed by atoms with E-state index >= 15 is 0 Å². The van der Waals surface area contributed by atoms with Crippen LogP contribution in [0.5, 0.6) is 23.0 Å². The Morgan fingerprint density at radius 3 is 2.11 bits per heavy atom. The summed E-state index contributed by atoms with van der Waals surface area (Å²) in [5.41, 5.74) is 3.11. The summed E-state index contributed by atoms with van der Waals surface area (Å²) in [5.74, 6) is 2.16. The second-order valence-corrected chi connectivity index (χ2v) is 8.51. The van der Waals surface area contributed by atoms with E-state index in [1.54, 1.807) is 52.8 Å². The topological polar surface area (TPSA) is 78.9 Å². The first-order chi connectivity index (χ1) is 17.4. The number of anilines is 1. The highest BCUT2D eigenvalue weighted by molar-refractivity contribution is 6.30. The van der Waals surface area contributed by atoms with Gasteiger partial charge in [-0.3, -0.25) is 9.78 Å². The number of nitrogens with zero attached hydrogens (tertiary/aromatic N) is 1. The van der Waals surface area contributed by atoms with Crippen LogP contribution in [-0.2, 0) is 17.6 Å². The quantitative estimate of drug-likeness (QED) is 0.314. The van der Waals surface area contributed by atoms with Crippen LogP contribution in [0, 0.1) is 0 Å². The lowest BCUT2D eigenvalue weighted by Crippen LogP contribution is -2.16. The van der Waals surface area contributed by atoms with Crippen molar-refractivity contribution < 1.29 is 23.7 Å². The zero-order chi connectivity index (χ0) is 25.7. The molecule has 7 nitrogen and oxygen atoms in total. The Morgan fingerprint density at radius 2 is 1.44 bits per heavy atom. The molecule has 3 aromatic carbocycles. The number of hydrogen-bond donors (Lipinski definition) is 1. The van der Waals surface area contributed by atoms with Gasteiger partial charge in [0.05, 0.1) is 40.6 Å². The number of methoxy groups -OCH3 is 4. The van der Waals surface area contributed by atoms with Crippen molar-refractivity contribution in [2.75, 3.05) is 33.8 Å². The number of pyridine rings is 1. The van der Waals surface area contributed by atoms with Crippen LogP contribution in [0.25, 0.3) is 10.8 Å². The Hall–Kier alpha value is -3.97. The van der Waals surface area contributed by atoms with E-state index < -0.39 is 0 Å². The molecule has 4 aromatic rings. The van der Waals surface area contributed by atoms with Crippen LogP contribution < -0.4 is 24.3 Å². The molecular formula is C28H27ClN2O5. The predicted molar refractivity (Wildman–Crippen MR) is 141 cm³/mol. The van der Waals surface area contributed by atoms with Gasteiger partial charge in [0.25, 0.3) is 0 Å². The molecule has 0 atom stereocenters. The standard InChI is InChI=1S/C28H27ClN2O5/c1-33-24-13-18-9-10-30-23(21(18)15-26(24)35-3)12-19-14-25(34-2)27(36-4)16-22(19)31-28(32)11-17-5-7-20(29)8-6-17/h5-10,13-16H,11-12H2,1-4H3,(H,31,32). The molecular weight excluding hydrogens is 480 g/mol. The maximum Gasteiger partial charge on any atom is 0.228 e. The number of benzene rings is 3. The van der Waals surface area contributed by atoms with Crippen LogP contribution in [-0.4, -0.2) is 39.3 Å². The summed E-state index contributed by atoms with van der Waals surface area (Å²) in [6.07, 6.45) is 2.39. The smallest absolute Gasteiger partial charge is 0.228 e. The fraction of sp³-hybridized carbons (Fsp3) is 0.214.